The summed E-state index contributed by atoms with van der Waals surface area (Å²) in [5, 5.41) is 0. The smallest absolute Gasteiger partial charge is 0.744 e. The van der Waals surface area contributed by atoms with Crippen LogP contribution in [0.1, 0.15) is 149 Å². The second-order valence-electron chi connectivity index (χ2n) is 10.9. The van der Waals surface area contributed by atoms with Crippen LogP contribution in [0.5, 0.6) is 0 Å². The molecule has 7 nitrogen and oxygen atoms in total. The molecule has 0 heterocycles. The third-order valence-corrected chi connectivity index (χ3v) is 8.17. The van der Waals surface area contributed by atoms with Crippen molar-refractivity contribution in [1.29, 1.82) is 0 Å². The molecule has 238 valence electrons. The van der Waals surface area contributed by atoms with Crippen LogP contribution in [-0.2, 0) is 19.6 Å². The van der Waals surface area contributed by atoms with E-state index in [0.29, 0.717) is 12.8 Å². The largest absolute Gasteiger partial charge is 1.00 e. The molecule has 1 rings (SSSR count). The van der Waals surface area contributed by atoms with E-state index >= 15 is 0 Å². The first kappa shape index (κ1) is 42.2. The predicted octanol–water partition coefficient (Wildman–Crippen LogP) is 6.08. The predicted molar refractivity (Wildman–Crippen MR) is 168 cm³/mol. The molecule has 0 aliphatic carbocycles. The van der Waals surface area contributed by atoms with Gasteiger partial charge >= 0.3 is 63.3 Å². The second kappa shape index (κ2) is 27.5. The Morgan fingerprint density at radius 2 is 1.00 bits per heavy atom. The van der Waals surface area contributed by atoms with Crippen LogP contribution in [0.2, 0.25) is 0 Å². The Kier molecular flexibility index (Phi) is 27.0. The molecule has 1 aromatic rings. The molecule has 0 N–H and O–H groups in total. The van der Waals surface area contributed by atoms with Gasteiger partial charge in [0.05, 0.1) is 29.2 Å². The van der Waals surface area contributed by atoms with Gasteiger partial charge in [-0.1, -0.05) is 108 Å². The topological polar surface area (TPSA) is 110 Å². The van der Waals surface area contributed by atoms with Crippen molar-refractivity contribution in [2.24, 2.45) is 0 Å². The first-order valence-electron chi connectivity index (χ1n) is 16.0. The number of rotatable bonds is 27. The average molecular weight is 645 g/mol. The Bertz CT molecular complexity index is 1020. The van der Waals surface area contributed by atoms with Gasteiger partial charge in [-0.3, -0.25) is 0 Å². The van der Waals surface area contributed by atoms with Crippen molar-refractivity contribution in [1.82, 2.24) is 0 Å². The number of esters is 2. The second-order valence-corrected chi connectivity index (χ2v) is 12.3. The maximum atomic E-state index is 12.9. The average Bonchev–Trinajstić information content (AvgIpc) is 2.97. The van der Waals surface area contributed by atoms with Crippen molar-refractivity contribution < 1.29 is 83.4 Å². The van der Waals surface area contributed by atoms with Gasteiger partial charge in [0.1, 0.15) is 10.1 Å². The number of ether oxygens (including phenoxy) is 2. The normalized spacial score (nSPS) is 11.0. The molecule has 0 bridgehead atoms. The van der Waals surface area contributed by atoms with Gasteiger partial charge in [-0.15, -0.1) is 13.2 Å². The SMILES string of the molecule is C=CCCCCCCCCCCCOC(=O)c1cccc(S(=O)(=O)[O-])c1C(=O)OCCCCCCCCCCCC=C.[K+]. The summed E-state index contributed by atoms with van der Waals surface area (Å²) in [6, 6.07) is 3.57. The van der Waals surface area contributed by atoms with Gasteiger partial charge < -0.3 is 14.0 Å². The molecule has 9 heteroatoms. The van der Waals surface area contributed by atoms with Crippen molar-refractivity contribution in [3.63, 3.8) is 0 Å². The van der Waals surface area contributed by atoms with E-state index < -0.39 is 32.5 Å². The minimum absolute atomic E-state index is 0. The van der Waals surface area contributed by atoms with Crippen LogP contribution >= 0.6 is 0 Å². The van der Waals surface area contributed by atoms with Gasteiger partial charge in [0.15, 0.2) is 0 Å². The summed E-state index contributed by atoms with van der Waals surface area (Å²) in [5.41, 5.74) is -0.802. The summed E-state index contributed by atoms with van der Waals surface area (Å²) in [6.07, 6.45) is 25.6. The molecule has 1 aromatic carbocycles. The third-order valence-electron chi connectivity index (χ3n) is 7.29. The van der Waals surface area contributed by atoms with Crippen LogP contribution in [0.15, 0.2) is 48.4 Å². The fourth-order valence-electron chi connectivity index (χ4n) is 4.86. The molecular weight excluding hydrogens is 592 g/mol. The summed E-state index contributed by atoms with van der Waals surface area (Å²) in [4.78, 5) is 24.9. The number of carbonyl (C=O) groups is 2. The van der Waals surface area contributed by atoms with Crippen molar-refractivity contribution in [2.75, 3.05) is 13.2 Å². The number of carbonyl (C=O) groups excluding carboxylic acids is 2. The molecule has 0 unspecified atom stereocenters. The van der Waals surface area contributed by atoms with E-state index in [1.54, 1.807) is 0 Å². The van der Waals surface area contributed by atoms with Crippen LogP contribution in [-0.4, -0.2) is 38.1 Å². The Hall–Kier alpha value is -0.814. The molecule has 0 aliphatic rings. The van der Waals surface area contributed by atoms with Crippen molar-refractivity contribution in [2.45, 2.75) is 133 Å². The fourth-order valence-corrected chi connectivity index (χ4v) is 5.54. The van der Waals surface area contributed by atoms with Crippen molar-refractivity contribution in [3.05, 3.63) is 54.6 Å². The minimum atomic E-state index is -5.01. The van der Waals surface area contributed by atoms with E-state index in [2.05, 4.69) is 13.2 Å². The Balaban J connectivity index is 0.0000176. The van der Waals surface area contributed by atoms with Gasteiger partial charge in [0.2, 0.25) is 0 Å². The Morgan fingerprint density at radius 1 is 0.628 bits per heavy atom. The molecule has 0 fully saturated rings. The van der Waals surface area contributed by atoms with Crippen LogP contribution in [0.3, 0.4) is 0 Å². The molecule has 0 atom stereocenters. The molecule has 0 saturated carbocycles. The van der Waals surface area contributed by atoms with E-state index in [0.717, 1.165) is 57.4 Å². The standard InChI is InChI=1S/C34H54O7S.K/c1-3-5-7-9-11-13-15-17-19-21-23-28-40-33(35)30-26-25-27-31(42(37,38)39)32(30)34(36)41-29-24-22-20-18-16-14-12-10-8-6-4-2;/h3-4,25-27H,1-2,5-24,28-29H2,(H,37,38,39);/q;+1/p-1. The quantitative estimate of drug-likeness (QED) is 0.0375. The maximum Gasteiger partial charge on any atom is 1.00 e. The van der Waals surface area contributed by atoms with Crippen LogP contribution in [0.4, 0.5) is 0 Å². The van der Waals surface area contributed by atoms with E-state index in [4.69, 9.17) is 9.47 Å². The zero-order valence-corrected chi connectivity index (χ0v) is 30.6. The third kappa shape index (κ3) is 20.8. The summed E-state index contributed by atoms with van der Waals surface area (Å²) in [7, 11) is -5.01. The van der Waals surface area contributed by atoms with Gasteiger partial charge in [0, 0.05) is 0 Å². The van der Waals surface area contributed by atoms with E-state index in [1.165, 1.54) is 76.3 Å². The number of unbranched alkanes of at least 4 members (excludes halogenated alkanes) is 18. The first-order chi connectivity index (χ1) is 20.3. The Morgan fingerprint density at radius 3 is 1.40 bits per heavy atom. The minimum Gasteiger partial charge on any atom is -0.744 e. The zero-order valence-electron chi connectivity index (χ0n) is 26.6. The zero-order chi connectivity index (χ0) is 30.9. The molecule has 0 aromatic heterocycles. The Labute approximate surface area is 303 Å². The molecule has 43 heavy (non-hydrogen) atoms. The molecule has 0 spiro atoms. The summed E-state index contributed by atoms with van der Waals surface area (Å²) in [6.45, 7) is 7.71. The number of benzene rings is 1. The molecule has 0 amide bonds. The van der Waals surface area contributed by atoms with E-state index in [9.17, 15) is 22.6 Å². The number of allylic oxidation sites excluding steroid dienone is 2. The summed E-state index contributed by atoms with van der Waals surface area (Å²) in [5.74, 6) is -1.84. The molecule has 0 saturated heterocycles. The van der Waals surface area contributed by atoms with Crippen molar-refractivity contribution in [3.8, 4) is 0 Å². The molecule has 0 radical (unpaired) electrons. The molecular formula is C34H53KO7S. The van der Waals surface area contributed by atoms with Crippen LogP contribution in [0, 0.1) is 0 Å². The van der Waals surface area contributed by atoms with E-state index in [1.807, 2.05) is 12.2 Å². The molecule has 0 aliphatic heterocycles. The van der Waals surface area contributed by atoms with Crippen molar-refractivity contribution >= 4 is 22.1 Å². The summed E-state index contributed by atoms with van der Waals surface area (Å²) >= 11 is 0. The number of hydrogen-bond acceptors (Lipinski definition) is 7. The van der Waals surface area contributed by atoms with E-state index in [-0.39, 0.29) is 70.2 Å². The number of hydrogen-bond donors (Lipinski definition) is 0. The fraction of sp³-hybridized carbons (Fsp3) is 0.647. The van der Waals surface area contributed by atoms with Gasteiger partial charge in [-0.25, -0.2) is 18.0 Å². The maximum absolute atomic E-state index is 12.9. The van der Waals surface area contributed by atoms with Gasteiger partial charge in [0.25, 0.3) is 0 Å². The first-order valence-corrected chi connectivity index (χ1v) is 17.4. The van der Waals surface area contributed by atoms with Gasteiger partial charge in [-0.05, 0) is 50.7 Å². The van der Waals surface area contributed by atoms with Crippen LogP contribution in [0.25, 0.3) is 0 Å². The van der Waals surface area contributed by atoms with Crippen LogP contribution < -0.4 is 51.4 Å². The monoisotopic (exact) mass is 644 g/mol. The van der Waals surface area contributed by atoms with Gasteiger partial charge in [-0.2, -0.15) is 0 Å². The summed E-state index contributed by atoms with van der Waals surface area (Å²) < 4.78 is 46.2.